The van der Waals surface area contributed by atoms with E-state index in [1.165, 1.54) is 12.1 Å². The normalized spacial score (nSPS) is 11.2. The average Bonchev–Trinajstić information content (AvgIpc) is 2.92. The summed E-state index contributed by atoms with van der Waals surface area (Å²) in [4.78, 5) is 12.4. The number of nitrogen functional groups attached to an aromatic ring is 1. The van der Waals surface area contributed by atoms with E-state index in [0.29, 0.717) is 16.6 Å². The van der Waals surface area contributed by atoms with Crippen LogP contribution >= 0.6 is 0 Å². The highest BCUT2D eigenvalue weighted by Crippen LogP contribution is 2.28. The summed E-state index contributed by atoms with van der Waals surface area (Å²) >= 11 is 0. The molecule has 0 aliphatic rings. The lowest BCUT2D eigenvalue weighted by atomic mass is 10.2. The first-order valence-corrected chi connectivity index (χ1v) is 8.16. The van der Waals surface area contributed by atoms with Crippen molar-refractivity contribution in [1.29, 1.82) is 5.26 Å². The fourth-order valence-electron chi connectivity index (χ4n) is 2.50. The van der Waals surface area contributed by atoms with Gasteiger partial charge in [-0.3, -0.25) is 0 Å². The molecule has 0 fully saturated rings. The number of nitrogens with two attached hydrogens (primary N) is 1. The van der Waals surface area contributed by atoms with Crippen LogP contribution in [0.4, 0.5) is 26.4 Å². The molecule has 7 nitrogen and oxygen atoms in total. The number of nitrogens with one attached hydrogen (secondary N) is 1. The maximum Gasteiger partial charge on any atom is 0.435 e. The lowest BCUT2D eigenvalue weighted by Crippen LogP contribution is -2.27. The summed E-state index contributed by atoms with van der Waals surface area (Å²) in [5.41, 5.74) is 6.58. The van der Waals surface area contributed by atoms with Crippen molar-refractivity contribution in [3.8, 4) is 6.07 Å². The summed E-state index contributed by atoms with van der Waals surface area (Å²) < 4.78 is 20.5. The molecule has 27 heavy (non-hydrogen) atoms. The topological polar surface area (TPSA) is 106 Å². The minimum Gasteiger partial charge on any atom is -0.442 e. The Kier molecular flexibility index (Phi) is 4.45. The van der Waals surface area contributed by atoms with Gasteiger partial charge in [-0.25, -0.2) is 9.18 Å². The third kappa shape index (κ3) is 3.82. The van der Waals surface area contributed by atoms with Crippen LogP contribution in [0.1, 0.15) is 26.3 Å². The number of rotatable bonds is 2. The largest absolute Gasteiger partial charge is 0.442 e. The van der Waals surface area contributed by atoms with Gasteiger partial charge in [-0.2, -0.15) is 9.94 Å². The molecule has 0 bridgehead atoms. The van der Waals surface area contributed by atoms with E-state index >= 15 is 0 Å². The first kappa shape index (κ1) is 18.2. The zero-order chi connectivity index (χ0) is 19.8. The van der Waals surface area contributed by atoms with Crippen molar-refractivity contribution in [2.45, 2.75) is 26.4 Å². The van der Waals surface area contributed by atoms with Crippen LogP contribution in [0.15, 0.2) is 36.4 Å². The maximum absolute atomic E-state index is 14.1. The molecule has 0 radical (unpaired) electrons. The molecule has 0 aliphatic heterocycles. The van der Waals surface area contributed by atoms with Gasteiger partial charge in [-0.05, 0) is 57.2 Å². The van der Waals surface area contributed by atoms with Crippen LogP contribution in [-0.2, 0) is 4.74 Å². The number of anilines is 3. The summed E-state index contributed by atoms with van der Waals surface area (Å²) in [5, 5.41) is 16.4. The van der Waals surface area contributed by atoms with Gasteiger partial charge in [0.25, 0.3) is 0 Å². The Labute approximate surface area is 155 Å². The van der Waals surface area contributed by atoms with Gasteiger partial charge in [-0.1, -0.05) is 0 Å². The molecule has 0 spiro atoms. The highest BCUT2D eigenvalue weighted by atomic mass is 19.1. The molecule has 0 saturated carbocycles. The Hall–Kier alpha value is -3.60. The summed E-state index contributed by atoms with van der Waals surface area (Å²) in [7, 11) is 0. The third-order valence-electron chi connectivity index (χ3n) is 3.65. The molecule has 3 N–H and O–H groups in total. The van der Waals surface area contributed by atoms with E-state index in [9.17, 15) is 9.18 Å². The second-order valence-corrected chi connectivity index (χ2v) is 6.94. The number of carbonyl (C=O) groups is 1. The zero-order valence-corrected chi connectivity index (χ0v) is 15.1. The molecule has 3 aromatic rings. The van der Waals surface area contributed by atoms with Gasteiger partial charge in [0.1, 0.15) is 11.4 Å². The maximum atomic E-state index is 14.1. The number of hydrogen-bond acceptors (Lipinski definition) is 6. The van der Waals surface area contributed by atoms with Crippen molar-refractivity contribution >= 4 is 34.2 Å². The Morgan fingerprint density at radius 1 is 1.30 bits per heavy atom. The number of halogens is 1. The molecule has 1 heterocycles. The summed E-state index contributed by atoms with van der Waals surface area (Å²) in [6.45, 7) is 5.25. The van der Waals surface area contributed by atoms with Gasteiger partial charge in [-0.15, -0.1) is 5.10 Å². The van der Waals surface area contributed by atoms with Crippen molar-refractivity contribution in [2.75, 3.05) is 11.1 Å². The first-order valence-electron chi connectivity index (χ1n) is 8.16. The molecule has 0 amide bonds. The molecule has 0 saturated heterocycles. The smallest absolute Gasteiger partial charge is 0.435 e. The molecule has 0 unspecified atom stereocenters. The van der Waals surface area contributed by atoms with Crippen LogP contribution in [0, 0.1) is 17.1 Å². The molecule has 1 aromatic heterocycles. The van der Waals surface area contributed by atoms with Gasteiger partial charge in [0.15, 0.2) is 5.82 Å². The number of nitrogens with zero attached hydrogens (tertiary/aromatic N) is 3. The lowest BCUT2D eigenvalue weighted by molar-refractivity contribution is 0.0523. The van der Waals surface area contributed by atoms with Gasteiger partial charge < -0.3 is 15.8 Å². The number of hydrogen-bond donors (Lipinski definition) is 2. The quantitative estimate of drug-likeness (QED) is 0.704. The summed E-state index contributed by atoms with van der Waals surface area (Å²) in [5.74, 6) is -0.374. The number of nitriles is 1. The van der Waals surface area contributed by atoms with Crippen LogP contribution in [0.2, 0.25) is 0 Å². The number of ether oxygens (including phenoxy) is 1. The van der Waals surface area contributed by atoms with E-state index in [1.54, 1.807) is 39.0 Å². The Morgan fingerprint density at radius 3 is 2.67 bits per heavy atom. The van der Waals surface area contributed by atoms with Gasteiger partial charge in [0, 0.05) is 11.1 Å². The second kappa shape index (κ2) is 6.61. The number of aromatic nitrogens is 2. The van der Waals surface area contributed by atoms with Crippen LogP contribution in [0.25, 0.3) is 10.9 Å². The predicted octanol–water partition coefficient (Wildman–Crippen LogP) is 4.16. The molecule has 8 heteroatoms. The first-order chi connectivity index (χ1) is 12.7. The van der Waals surface area contributed by atoms with Crippen molar-refractivity contribution in [3.63, 3.8) is 0 Å². The van der Waals surface area contributed by atoms with E-state index in [2.05, 4.69) is 10.4 Å². The predicted molar refractivity (Wildman–Crippen MR) is 100 cm³/mol. The molecular formula is C19H18FN5O2. The summed E-state index contributed by atoms with van der Waals surface area (Å²) in [6, 6.07) is 11.0. The van der Waals surface area contributed by atoms with E-state index in [0.717, 1.165) is 10.7 Å². The second-order valence-electron chi connectivity index (χ2n) is 6.94. The van der Waals surface area contributed by atoms with Crippen LogP contribution in [0.3, 0.4) is 0 Å². The number of carbonyl (C=O) groups excluding carboxylic acids is 1. The Morgan fingerprint density at radius 2 is 2.04 bits per heavy atom. The fraction of sp³-hybridized carbons (Fsp3) is 0.211. The van der Waals surface area contributed by atoms with Crippen molar-refractivity contribution < 1.29 is 13.9 Å². The molecule has 0 aliphatic carbocycles. The Balaban J connectivity index is 1.98. The van der Waals surface area contributed by atoms with E-state index < -0.39 is 17.5 Å². The van der Waals surface area contributed by atoms with Crippen molar-refractivity contribution in [1.82, 2.24) is 9.78 Å². The lowest BCUT2D eigenvalue weighted by Gasteiger charge is -2.19. The average molecular weight is 367 g/mol. The van der Waals surface area contributed by atoms with E-state index in [-0.39, 0.29) is 17.1 Å². The highest BCUT2D eigenvalue weighted by molar-refractivity contribution is 5.96. The minimum atomic E-state index is -0.689. The SMILES string of the molecule is CC(C)(C)OC(=O)n1nc(N)c2ccc(Nc3ccc(C#N)cc3F)cc21. The highest BCUT2D eigenvalue weighted by Gasteiger charge is 2.21. The minimum absolute atomic E-state index is 0.187. The van der Waals surface area contributed by atoms with Gasteiger partial charge in [0.05, 0.1) is 22.8 Å². The summed E-state index contributed by atoms with van der Waals surface area (Å²) in [6.07, 6.45) is -0.661. The molecule has 0 atom stereocenters. The third-order valence-corrected chi connectivity index (χ3v) is 3.65. The van der Waals surface area contributed by atoms with Crippen LogP contribution in [0.5, 0.6) is 0 Å². The van der Waals surface area contributed by atoms with E-state index in [4.69, 9.17) is 15.7 Å². The standard InChI is InChI=1S/C19H18FN5O2/c1-19(2,3)27-18(26)25-16-9-12(5-6-13(16)17(22)24-25)23-15-7-4-11(10-21)8-14(15)20/h4-9,23H,1-3H3,(H2,22,24). The molecular weight excluding hydrogens is 349 g/mol. The van der Waals surface area contributed by atoms with Crippen molar-refractivity contribution in [2.24, 2.45) is 0 Å². The number of benzene rings is 2. The van der Waals surface area contributed by atoms with Crippen molar-refractivity contribution in [3.05, 3.63) is 47.8 Å². The van der Waals surface area contributed by atoms with E-state index in [1.807, 2.05) is 6.07 Å². The Bertz CT molecular complexity index is 1080. The van der Waals surface area contributed by atoms with Gasteiger partial charge >= 0.3 is 6.09 Å². The van der Waals surface area contributed by atoms with Crippen LogP contribution < -0.4 is 11.1 Å². The number of fused-ring (bicyclic) bond motifs is 1. The van der Waals surface area contributed by atoms with Gasteiger partial charge in [0.2, 0.25) is 0 Å². The molecule has 138 valence electrons. The molecule has 3 rings (SSSR count). The zero-order valence-electron chi connectivity index (χ0n) is 15.1. The molecule has 2 aromatic carbocycles. The van der Waals surface area contributed by atoms with Crippen LogP contribution in [-0.4, -0.2) is 21.5 Å². The monoisotopic (exact) mass is 367 g/mol. The fourth-order valence-corrected chi connectivity index (χ4v) is 2.50.